The minimum absolute atomic E-state index is 0.0462. The number of rotatable bonds is 10. The average molecular weight is 459 g/mol. The van der Waals surface area contributed by atoms with Crippen molar-refractivity contribution in [3.8, 4) is 0 Å². The van der Waals surface area contributed by atoms with Gasteiger partial charge in [-0.2, -0.15) is 5.10 Å². The van der Waals surface area contributed by atoms with Crippen LogP contribution in [0.3, 0.4) is 0 Å². The maximum Gasteiger partial charge on any atom is 0.281 e. The van der Waals surface area contributed by atoms with E-state index in [1.54, 1.807) is 6.20 Å². The molecule has 0 spiro atoms. The molecule has 0 bridgehead atoms. The molecule has 33 heavy (non-hydrogen) atoms. The number of morpholine rings is 1. The number of aromatic nitrogens is 4. The Balaban J connectivity index is 1.63. The van der Waals surface area contributed by atoms with Crippen molar-refractivity contribution in [3.63, 3.8) is 0 Å². The quantitative estimate of drug-likeness (QED) is 0.541. The molecule has 0 unspecified atom stereocenters. The first-order chi connectivity index (χ1) is 16.1. The van der Waals surface area contributed by atoms with Gasteiger partial charge in [0.25, 0.3) is 5.56 Å². The normalized spacial score (nSPS) is 18.4. The summed E-state index contributed by atoms with van der Waals surface area (Å²) in [6, 6.07) is 0.129. The van der Waals surface area contributed by atoms with Crippen LogP contribution in [0.4, 0.5) is 5.95 Å². The summed E-state index contributed by atoms with van der Waals surface area (Å²) in [5, 5.41) is 4.50. The predicted octanol–water partition coefficient (Wildman–Crippen LogP) is 3.69. The maximum absolute atomic E-state index is 13.7. The second kappa shape index (κ2) is 11.5. The first kappa shape index (κ1) is 24.2. The molecule has 1 saturated heterocycles. The van der Waals surface area contributed by atoms with Crippen molar-refractivity contribution in [2.45, 2.75) is 78.3 Å². The second-order valence-electron chi connectivity index (χ2n) is 10.0. The van der Waals surface area contributed by atoms with E-state index in [4.69, 9.17) is 9.72 Å². The predicted molar refractivity (Wildman–Crippen MR) is 133 cm³/mol. The maximum atomic E-state index is 13.7. The Hall–Kier alpha value is -1.93. The second-order valence-corrected chi connectivity index (χ2v) is 10.0. The first-order valence-corrected chi connectivity index (χ1v) is 13.1. The molecule has 0 atom stereocenters. The molecule has 4 rings (SSSR count). The Morgan fingerprint density at radius 1 is 1.15 bits per heavy atom. The van der Waals surface area contributed by atoms with E-state index in [-0.39, 0.29) is 11.6 Å². The number of fused-ring (bicyclic) bond motifs is 1. The molecule has 1 saturated carbocycles. The van der Waals surface area contributed by atoms with Gasteiger partial charge in [0.05, 0.1) is 19.4 Å². The van der Waals surface area contributed by atoms with Crippen molar-refractivity contribution in [2.75, 3.05) is 50.8 Å². The van der Waals surface area contributed by atoms with Gasteiger partial charge in [-0.15, -0.1) is 0 Å². The van der Waals surface area contributed by atoms with Crippen LogP contribution in [0.2, 0.25) is 0 Å². The van der Waals surface area contributed by atoms with Gasteiger partial charge in [-0.1, -0.05) is 26.2 Å². The van der Waals surface area contributed by atoms with Gasteiger partial charge in [0.1, 0.15) is 5.52 Å². The Morgan fingerprint density at radius 3 is 2.61 bits per heavy atom. The smallest absolute Gasteiger partial charge is 0.281 e. The molecule has 184 valence electrons. The fraction of sp³-hybridized carbons (Fsp3) is 0.800. The lowest BCUT2D eigenvalue weighted by Crippen LogP contribution is -2.40. The Kier molecular flexibility index (Phi) is 8.41. The summed E-state index contributed by atoms with van der Waals surface area (Å²) in [6.45, 7) is 13.6. The third-order valence-corrected chi connectivity index (χ3v) is 7.11. The molecule has 8 heteroatoms. The van der Waals surface area contributed by atoms with E-state index >= 15 is 0 Å². The van der Waals surface area contributed by atoms with Crippen molar-refractivity contribution in [2.24, 2.45) is 5.92 Å². The van der Waals surface area contributed by atoms with Crippen LogP contribution in [0.1, 0.15) is 71.8 Å². The molecule has 2 aromatic rings. The standard InChI is InChI=1S/C25H42N6O2/c1-4-11-30-24(32)23-22(18-26-31(23)20(2)3)27-25(30)29(19-21-9-6-5-7-10-21)13-8-12-28-14-16-33-17-15-28/h18,20-21H,4-17,19H2,1-3H3. The van der Waals surface area contributed by atoms with Gasteiger partial charge in [-0.05, 0) is 45.4 Å². The van der Waals surface area contributed by atoms with Gasteiger partial charge in [0.15, 0.2) is 5.52 Å². The van der Waals surface area contributed by atoms with E-state index in [0.717, 1.165) is 70.2 Å². The fourth-order valence-electron chi connectivity index (χ4n) is 5.35. The molecule has 2 aromatic heterocycles. The summed E-state index contributed by atoms with van der Waals surface area (Å²) in [5.74, 6) is 1.52. The summed E-state index contributed by atoms with van der Waals surface area (Å²) in [6.07, 6.45) is 10.3. The largest absolute Gasteiger partial charge is 0.379 e. The first-order valence-electron chi connectivity index (χ1n) is 13.1. The van der Waals surface area contributed by atoms with E-state index in [1.807, 2.05) is 9.25 Å². The van der Waals surface area contributed by atoms with Crippen LogP contribution in [-0.4, -0.2) is 70.2 Å². The number of hydrogen-bond acceptors (Lipinski definition) is 6. The summed E-state index contributed by atoms with van der Waals surface area (Å²) >= 11 is 0. The molecular weight excluding hydrogens is 416 g/mol. The van der Waals surface area contributed by atoms with E-state index in [0.29, 0.717) is 18.0 Å². The van der Waals surface area contributed by atoms with Crippen LogP contribution in [0.15, 0.2) is 11.0 Å². The average Bonchev–Trinajstić information content (AvgIpc) is 3.26. The Bertz CT molecular complexity index is 940. The van der Waals surface area contributed by atoms with Crippen LogP contribution < -0.4 is 10.5 Å². The van der Waals surface area contributed by atoms with Gasteiger partial charge in [0.2, 0.25) is 5.95 Å². The number of nitrogens with zero attached hydrogens (tertiary/aromatic N) is 6. The van der Waals surface area contributed by atoms with E-state index in [9.17, 15) is 4.79 Å². The molecule has 0 N–H and O–H groups in total. The third kappa shape index (κ3) is 5.77. The molecule has 2 fully saturated rings. The molecule has 8 nitrogen and oxygen atoms in total. The molecule has 1 aliphatic carbocycles. The van der Waals surface area contributed by atoms with E-state index in [1.165, 1.54) is 32.1 Å². The monoisotopic (exact) mass is 458 g/mol. The van der Waals surface area contributed by atoms with Crippen LogP contribution in [0.5, 0.6) is 0 Å². The summed E-state index contributed by atoms with van der Waals surface area (Å²) in [7, 11) is 0. The van der Waals surface area contributed by atoms with Crippen LogP contribution in [-0.2, 0) is 11.3 Å². The van der Waals surface area contributed by atoms with Gasteiger partial charge < -0.3 is 9.64 Å². The lowest BCUT2D eigenvalue weighted by atomic mass is 9.89. The number of hydrogen-bond donors (Lipinski definition) is 0. The van der Waals surface area contributed by atoms with Crippen molar-refractivity contribution in [1.82, 2.24) is 24.2 Å². The van der Waals surface area contributed by atoms with Crippen molar-refractivity contribution in [1.29, 1.82) is 0 Å². The lowest BCUT2D eigenvalue weighted by molar-refractivity contribution is 0.0376. The molecule has 2 aliphatic rings. The highest BCUT2D eigenvalue weighted by molar-refractivity contribution is 5.74. The van der Waals surface area contributed by atoms with Gasteiger partial charge in [0, 0.05) is 45.3 Å². The van der Waals surface area contributed by atoms with Crippen molar-refractivity contribution >= 4 is 17.0 Å². The highest BCUT2D eigenvalue weighted by Crippen LogP contribution is 2.27. The zero-order valence-corrected chi connectivity index (χ0v) is 20.8. The van der Waals surface area contributed by atoms with E-state index < -0.39 is 0 Å². The highest BCUT2D eigenvalue weighted by atomic mass is 16.5. The minimum Gasteiger partial charge on any atom is -0.379 e. The lowest BCUT2D eigenvalue weighted by Gasteiger charge is -2.33. The molecule has 1 aliphatic heterocycles. The van der Waals surface area contributed by atoms with Gasteiger partial charge in [-0.25, -0.2) is 4.98 Å². The Morgan fingerprint density at radius 2 is 1.91 bits per heavy atom. The number of ether oxygens (including phenoxy) is 1. The van der Waals surface area contributed by atoms with Crippen molar-refractivity contribution in [3.05, 3.63) is 16.6 Å². The molecular formula is C25H42N6O2. The zero-order valence-electron chi connectivity index (χ0n) is 20.8. The minimum atomic E-state index is 0.0462. The highest BCUT2D eigenvalue weighted by Gasteiger charge is 2.24. The SMILES string of the molecule is CCCn1c(N(CCCN2CCOCC2)CC2CCCCC2)nc2cnn(C(C)C)c2c1=O. The number of anilines is 1. The molecule has 3 heterocycles. The zero-order chi connectivity index (χ0) is 23.2. The van der Waals surface area contributed by atoms with Gasteiger partial charge >= 0.3 is 0 Å². The Labute approximate surface area is 197 Å². The molecule has 0 amide bonds. The van der Waals surface area contributed by atoms with Crippen LogP contribution in [0, 0.1) is 5.92 Å². The third-order valence-electron chi connectivity index (χ3n) is 7.11. The van der Waals surface area contributed by atoms with E-state index in [2.05, 4.69) is 35.7 Å². The summed E-state index contributed by atoms with van der Waals surface area (Å²) < 4.78 is 9.25. The summed E-state index contributed by atoms with van der Waals surface area (Å²) in [5.41, 5.74) is 1.40. The van der Waals surface area contributed by atoms with Crippen molar-refractivity contribution < 1.29 is 4.74 Å². The molecule has 0 radical (unpaired) electrons. The summed E-state index contributed by atoms with van der Waals surface area (Å²) in [4.78, 5) is 23.6. The van der Waals surface area contributed by atoms with Crippen LogP contribution >= 0.6 is 0 Å². The molecule has 0 aromatic carbocycles. The topological polar surface area (TPSA) is 68.4 Å². The van der Waals surface area contributed by atoms with Crippen LogP contribution in [0.25, 0.3) is 11.0 Å². The fourth-order valence-corrected chi connectivity index (χ4v) is 5.35. The van der Waals surface area contributed by atoms with Gasteiger partial charge in [-0.3, -0.25) is 18.9 Å².